The first-order chi connectivity index (χ1) is 7.99. The van der Waals surface area contributed by atoms with E-state index in [1.165, 1.54) is 31.2 Å². The summed E-state index contributed by atoms with van der Waals surface area (Å²) >= 11 is 0. The topological polar surface area (TPSA) is 66.4 Å². The summed E-state index contributed by atoms with van der Waals surface area (Å²) in [5.74, 6) is -2.05. The van der Waals surface area contributed by atoms with E-state index in [1.54, 1.807) is 6.07 Å². The van der Waals surface area contributed by atoms with Crippen LogP contribution in [0.3, 0.4) is 0 Å². The minimum Gasteiger partial charge on any atom is -0.480 e. The van der Waals surface area contributed by atoms with Gasteiger partial charge in [0.1, 0.15) is 11.9 Å². The minimum absolute atomic E-state index is 0.397. The highest BCUT2D eigenvalue weighted by Crippen LogP contribution is 2.05. The van der Waals surface area contributed by atoms with Gasteiger partial charge in [-0.15, -0.1) is 0 Å². The molecule has 0 aliphatic carbocycles. The smallest absolute Gasteiger partial charge is 0.325 e. The van der Waals surface area contributed by atoms with E-state index < -0.39 is 23.7 Å². The molecular formula is C12H12FNO3. The van der Waals surface area contributed by atoms with Gasteiger partial charge in [-0.3, -0.25) is 9.59 Å². The fourth-order valence-electron chi connectivity index (χ4n) is 1.11. The van der Waals surface area contributed by atoms with Gasteiger partial charge in [0, 0.05) is 6.08 Å². The first-order valence-corrected chi connectivity index (χ1v) is 4.96. The number of carboxylic acid groups (broad SMARTS) is 1. The van der Waals surface area contributed by atoms with Crippen molar-refractivity contribution in [2.75, 3.05) is 0 Å². The number of hydrogen-bond acceptors (Lipinski definition) is 2. The van der Waals surface area contributed by atoms with E-state index >= 15 is 0 Å². The summed E-state index contributed by atoms with van der Waals surface area (Å²) < 4.78 is 12.8. The number of carboxylic acids is 1. The molecule has 0 aliphatic rings. The van der Waals surface area contributed by atoms with Gasteiger partial charge in [0.15, 0.2) is 0 Å². The third-order valence-corrected chi connectivity index (χ3v) is 2.01. The van der Waals surface area contributed by atoms with Gasteiger partial charge in [0.2, 0.25) is 5.91 Å². The van der Waals surface area contributed by atoms with Crippen molar-refractivity contribution in [3.63, 3.8) is 0 Å². The van der Waals surface area contributed by atoms with Crippen LogP contribution in [0.1, 0.15) is 12.5 Å². The molecule has 0 saturated carbocycles. The summed E-state index contributed by atoms with van der Waals surface area (Å²) in [6.45, 7) is 1.36. The monoisotopic (exact) mass is 237 g/mol. The Kier molecular flexibility index (Phi) is 4.39. The molecule has 1 amide bonds. The van der Waals surface area contributed by atoms with E-state index in [0.717, 1.165) is 6.08 Å². The Morgan fingerprint density at radius 1 is 1.47 bits per heavy atom. The molecule has 0 aromatic heterocycles. The van der Waals surface area contributed by atoms with Crippen LogP contribution in [0.2, 0.25) is 0 Å². The molecule has 0 fully saturated rings. The maximum Gasteiger partial charge on any atom is 0.325 e. The zero-order chi connectivity index (χ0) is 12.8. The van der Waals surface area contributed by atoms with E-state index in [2.05, 4.69) is 5.32 Å². The fraction of sp³-hybridized carbons (Fsp3) is 0.167. The van der Waals surface area contributed by atoms with Crippen molar-refractivity contribution in [2.45, 2.75) is 13.0 Å². The number of halogens is 1. The molecule has 1 aromatic rings. The van der Waals surface area contributed by atoms with Gasteiger partial charge in [0.25, 0.3) is 0 Å². The largest absolute Gasteiger partial charge is 0.480 e. The standard InChI is InChI=1S/C12H12FNO3/c1-8(12(16)17)14-11(15)6-5-9-3-2-4-10(13)7-9/h2-8H,1H3,(H,14,15)(H,16,17)/b6-5+. The van der Waals surface area contributed by atoms with Crippen LogP contribution in [0.5, 0.6) is 0 Å². The Hall–Kier alpha value is -2.17. The van der Waals surface area contributed by atoms with Gasteiger partial charge in [-0.05, 0) is 30.7 Å². The minimum atomic E-state index is -1.11. The summed E-state index contributed by atoms with van der Waals surface area (Å²) in [6.07, 6.45) is 2.57. The van der Waals surface area contributed by atoms with E-state index in [-0.39, 0.29) is 0 Å². The Morgan fingerprint density at radius 2 is 2.18 bits per heavy atom. The lowest BCUT2D eigenvalue weighted by Crippen LogP contribution is -2.37. The lowest BCUT2D eigenvalue weighted by Gasteiger charge is -2.05. The normalized spacial score (nSPS) is 12.4. The van der Waals surface area contributed by atoms with Crippen LogP contribution < -0.4 is 5.32 Å². The molecule has 17 heavy (non-hydrogen) atoms. The van der Waals surface area contributed by atoms with Gasteiger partial charge >= 0.3 is 5.97 Å². The fourth-order valence-corrected chi connectivity index (χ4v) is 1.11. The van der Waals surface area contributed by atoms with Crippen LogP contribution >= 0.6 is 0 Å². The molecule has 0 bridgehead atoms. The van der Waals surface area contributed by atoms with E-state index in [1.807, 2.05) is 0 Å². The van der Waals surface area contributed by atoms with Crippen LogP contribution in [0.4, 0.5) is 4.39 Å². The second-order valence-electron chi connectivity index (χ2n) is 3.46. The summed E-state index contributed by atoms with van der Waals surface area (Å²) in [5.41, 5.74) is 0.531. The molecule has 1 unspecified atom stereocenters. The van der Waals surface area contributed by atoms with Crippen molar-refractivity contribution in [2.24, 2.45) is 0 Å². The molecule has 0 spiro atoms. The number of carbonyl (C=O) groups excluding carboxylic acids is 1. The molecule has 0 saturated heterocycles. The number of hydrogen-bond donors (Lipinski definition) is 2. The maximum atomic E-state index is 12.8. The van der Waals surface area contributed by atoms with Crippen molar-refractivity contribution < 1.29 is 19.1 Å². The highest BCUT2D eigenvalue weighted by atomic mass is 19.1. The third kappa shape index (κ3) is 4.46. The Bertz CT molecular complexity index is 457. The number of amides is 1. The number of rotatable bonds is 4. The number of nitrogens with one attached hydrogen (secondary N) is 1. The van der Waals surface area contributed by atoms with Crippen LogP contribution in [-0.2, 0) is 9.59 Å². The predicted octanol–water partition coefficient (Wildman–Crippen LogP) is 1.43. The molecule has 1 aromatic carbocycles. The SMILES string of the molecule is CC(NC(=O)/C=C/c1cccc(F)c1)C(=O)O. The zero-order valence-corrected chi connectivity index (χ0v) is 9.18. The average molecular weight is 237 g/mol. The number of carbonyl (C=O) groups is 2. The van der Waals surface area contributed by atoms with Crippen LogP contribution in [0.15, 0.2) is 30.3 Å². The van der Waals surface area contributed by atoms with Crippen molar-refractivity contribution in [1.29, 1.82) is 0 Å². The Morgan fingerprint density at radius 3 is 2.76 bits per heavy atom. The summed E-state index contributed by atoms with van der Waals surface area (Å²) in [4.78, 5) is 21.7. The molecule has 0 heterocycles. The quantitative estimate of drug-likeness (QED) is 0.778. The van der Waals surface area contributed by atoms with Crippen LogP contribution in [0.25, 0.3) is 6.08 Å². The van der Waals surface area contributed by atoms with E-state index in [9.17, 15) is 14.0 Å². The van der Waals surface area contributed by atoms with Crippen molar-refractivity contribution in [3.8, 4) is 0 Å². The number of aliphatic carboxylic acids is 1. The molecule has 1 rings (SSSR count). The summed E-state index contributed by atoms with van der Waals surface area (Å²) in [7, 11) is 0. The summed E-state index contributed by atoms with van der Waals surface area (Å²) in [5, 5.41) is 10.8. The van der Waals surface area contributed by atoms with E-state index in [0.29, 0.717) is 5.56 Å². The molecule has 0 radical (unpaired) electrons. The molecule has 90 valence electrons. The Labute approximate surface area is 97.8 Å². The van der Waals surface area contributed by atoms with Crippen molar-refractivity contribution >= 4 is 18.0 Å². The highest BCUT2D eigenvalue weighted by molar-refractivity contribution is 5.94. The van der Waals surface area contributed by atoms with Crippen LogP contribution in [-0.4, -0.2) is 23.0 Å². The van der Waals surface area contributed by atoms with Gasteiger partial charge in [-0.2, -0.15) is 0 Å². The van der Waals surface area contributed by atoms with Gasteiger partial charge in [-0.25, -0.2) is 4.39 Å². The second kappa shape index (κ2) is 5.79. The molecular weight excluding hydrogens is 225 g/mol. The van der Waals surface area contributed by atoms with Gasteiger partial charge < -0.3 is 10.4 Å². The van der Waals surface area contributed by atoms with Crippen LogP contribution in [0, 0.1) is 5.82 Å². The molecule has 1 atom stereocenters. The highest BCUT2D eigenvalue weighted by Gasteiger charge is 2.11. The average Bonchev–Trinajstić information content (AvgIpc) is 2.26. The van der Waals surface area contributed by atoms with Gasteiger partial charge in [0.05, 0.1) is 0 Å². The molecule has 5 heteroatoms. The van der Waals surface area contributed by atoms with Gasteiger partial charge in [-0.1, -0.05) is 12.1 Å². The Balaban J connectivity index is 2.59. The van der Waals surface area contributed by atoms with Crippen molar-refractivity contribution in [3.05, 3.63) is 41.7 Å². The van der Waals surface area contributed by atoms with E-state index in [4.69, 9.17) is 5.11 Å². The molecule has 2 N–H and O–H groups in total. The number of benzene rings is 1. The second-order valence-corrected chi connectivity index (χ2v) is 3.46. The first-order valence-electron chi connectivity index (χ1n) is 4.96. The summed E-state index contributed by atoms with van der Waals surface area (Å²) in [6, 6.07) is 4.76. The molecule has 4 nitrogen and oxygen atoms in total. The van der Waals surface area contributed by atoms with Crippen molar-refractivity contribution in [1.82, 2.24) is 5.32 Å². The third-order valence-electron chi connectivity index (χ3n) is 2.01. The predicted molar refractivity (Wildman–Crippen MR) is 60.7 cm³/mol. The maximum absolute atomic E-state index is 12.8. The molecule has 0 aliphatic heterocycles. The lowest BCUT2D eigenvalue weighted by atomic mass is 10.2. The zero-order valence-electron chi connectivity index (χ0n) is 9.18. The lowest BCUT2D eigenvalue weighted by molar-refractivity contribution is -0.140. The first kappa shape index (κ1) is 12.9.